The van der Waals surface area contributed by atoms with Crippen LogP contribution >= 0.6 is 34.8 Å². The zero-order valence-electron chi connectivity index (χ0n) is 9.22. The van der Waals surface area contributed by atoms with Gasteiger partial charge < -0.3 is 10.8 Å². The number of hydrogen-bond acceptors (Lipinski definition) is 5. The van der Waals surface area contributed by atoms with Crippen molar-refractivity contribution in [3.8, 4) is 0 Å². The van der Waals surface area contributed by atoms with Crippen LogP contribution in [0.4, 0.5) is 5.69 Å². The van der Waals surface area contributed by atoms with Gasteiger partial charge in [0.15, 0.2) is 0 Å². The first-order valence-electron chi connectivity index (χ1n) is 4.70. The summed E-state index contributed by atoms with van der Waals surface area (Å²) in [5.74, 6) is -0.952. The molecule has 1 heterocycles. The van der Waals surface area contributed by atoms with Gasteiger partial charge in [-0.15, -0.1) is 0 Å². The molecule has 0 saturated heterocycles. The van der Waals surface area contributed by atoms with E-state index in [0.29, 0.717) is 5.69 Å². The van der Waals surface area contributed by atoms with Gasteiger partial charge in [-0.2, -0.15) is 15.0 Å². The minimum atomic E-state index is -0.952. The first kappa shape index (κ1) is 15.4. The van der Waals surface area contributed by atoms with Gasteiger partial charge in [0.2, 0.25) is 15.9 Å². The largest absolute Gasteiger partial charge is 0.478 e. The zero-order chi connectivity index (χ0) is 14.4. The summed E-state index contributed by atoms with van der Waals surface area (Å²) in [7, 11) is 0. The lowest BCUT2D eigenvalue weighted by molar-refractivity contribution is 0.0697. The molecule has 0 aliphatic rings. The van der Waals surface area contributed by atoms with Gasteiger partial charge in [0.25, 0.3) is 0 Å². The summed E-state index contributed by atoms with van der Waals surface area (Å²) < 4.78 is 0. The number of carboxylic acid groups (broad SMARTS) is 1. The number of nitrogens with two attached hydrogens (primary N) is 1. The van der Waals surface area contributed by atoms with Crippen LogP contribution in [0.3, 0.4) is 0 Å². The van der Waals surface area contributed by atoms with Gasteiger partial charge in [0.05, 0.1) is 5.56 Å². The van der Waals surface area contributed by atoms with Crippen LogP contribution in [-0.2, 0) is 0 Å². The van der Waals surface area contributed by atoms with E-state index in [2.05, 4.69) is 15.0 Å². The van der Waals surface area contributed by atoms with Crippen molar-refractivity contribution in [3.63, 3.8) is 0 Å². The fourth-order valence-corrected chi connectivity index (χ4v) is 1.59. The van der Waals surface area contributed by atoms with Crippen LogP contribution in [0.25, 0.3) is 0 Å². The van der Waals surface area contributed by atoms with Crippen molar-refractivity contribution in [1.29, 1.82) is 0 Å². The molecule has 6 nitrogen and oxygen atoms in total. The average Bonchev–Trinajstić information content (AvgIpc) is 2.27. The minimum absolute atomic E-state index is 0.000000000000000444. The standard InChI is InChI=1S/C7H7NO2.C3Cl3N3/c8-6-3-1-2-5(4-6)7(9)10;4-1-7-2(5)9-3(6)8-1/h1-4H,8H2,(H,9,10);. The summed E-state index contributed by atoms with van der Waals surface area (Å²) in [5, 5.41) is 8.45. The molecule has 1 aromatic heterocycles. The Balaban J connectivity index is 0.000000191. The predicted octanol–water partition coefficient (Wildman–Crippen LogP) is 2.80. The summed E-state index contributed by atoms with van der Waals surface area (Å²) >= 11 is 16.0. The molecule has 1 aromatic carbocycles. The maximum atomic E-state index is 10.3. The third kappa shape index (κ3) is 5.69. The number of aromatic carboxylic acids is 1. The quantitative estimate of drug-likeness (QED) is 0.783. The fraction of sp³-hybridized carbons (Fsp3) is 0. The van der Waals surface area contributed by atoms with E-state index in [9.17, 15) is 4.79 Å². The normalized spacial score (nSPS) is 9.42. The molecule has 0 unspecified atom stereocenters. The molecule has 0 saturated carbocycles. The topological polar surface area (TPSA) is 102 Å². The minimum Gasteiger partial charge on any atom is -0.478 e. The van der Waals surface area contributed by atoms with Crippen molar-refractivity contribution < 1.29 is 9.90 Å². The van der Waals surface area contributed by atoms with Crippen LogP contribution in [0, 0.1) is 0 Å². The molecule has 0 atom stereocenters. The number of hydrogen-bond donors (Lipinski definition) is 2. The van der Waals surface area contributed by atoms with Gasteiger partial charge in [0, 0.05) is 5.69 Å². The highest BCUT2D eigenvalue weighted by Crippen LogP contribution is 2.08. The number of carbonyl (C=O) groups is 1. The van der Waals surface area contributed by atoms with Crippen LogP contribution in [0.15, 0.2) is 24.3 Å². The summed E-state index contributed by atoms with van der Waals surface area (Å²) in [6.45, 7) is 0. The fourth-order valence-electron chi connectivity index (χ4n) is 0.975. The molecule has 0 bridgehead atoms. The summed E-state index contributed by atoms with van der Waals surface area (Å²) in [5.41, 5.74) is 6.03. The number of aromatic nitrogens is 3. The molecule has 2 aromatic rings. The number of nitrogens with zero attached hydrogens (tertiary/aromatic N) is 3. The zero-order valence-corrected chi connectivity index (χ0v) is 11.5. The molecular weight excluding hydrogens is 314 g/mol. The Morgan fingerprint density at radius 2 is 1.53 bits per heavy atom. The molecule has 0 spiro atoms. The first-order chi connectivity index (χ1) is 8.88. The third-order valence-electron chi connectivity index (χ3n) is 1.69. The van der Waals surface area contributed by atoms with Gasteiger partial charge in [-0.1, -0.05) is 6.07 Å². The molecule has 0 aliphatic carbocycles. The van der Waals surface area contributed by atoms with Crippen molar-refractivity contribution >= 4 is 46.5 Å². The number of nitrogen functional groups attached to an aromatic ring is 1. The van der Waals surface area contributed by atoms with Gasteiger partial charge in [-0.05, 0) is 53.0 Å². The number of carboxylic acids is 1. The lowest BCUT2D eigenvalue weighted by Gasteiger charge is -1.93. The molecule has 100 valence electrons. The maximum Gasteiger partial charge on any atom is 0.335 e. The first-order valence-corrected chi connectivity index (χ1v) is 5.83. The third-order valence-corrected chi connectivity index (χ3v) is 2.19. The van der Waals surface area contributed by atoms with Gasteiger partial charge >= 0.3 is 5.97 Å². The summed E-state index contributed by atoms with van der Waals surface area (Å²) in [4.78, 5) is 20.7. The van der Waals surface area contributed by atoms with E-state index in [1.165, 1.54) is 12.1 Å². The van der Waals surface area contributed by atoms with Crippen LogP contribution in [0.1, 0.15) is 10.4 Å². The van der Waals surface area contributed by atoms with Gasteiger partial charge in [-0.25, -0.2) is 4.79 Å². The van der Waals surface area contributed by atoms with Crippen molar-refractivity contribution in [2.45, 2.75) is 0 Å². The highest BCUT2D eigenvalue weighted by molar-refractivity contribution is 6.33. The molecule has 2 rings (SSSR count). The Morgan fingerprint density at radius 1 is 1.05 bits per heavy atom. The highest BCUT2D eigenvalue weighted by atomic mass is 35.5. The molecule has 9 heteroatoms. The van der Waals surface area contributed by atoms with Crippen LogP contribution < -0.4 is 5.73 Å². The number of anilines is 1. The van der Waals surface area contributed by atoms with E-state index in [0.717, 1.165) is 0 Å². The van der Waals surface area contributed by atoms with E-state index in [4.69, 9.17) is 45.6 Å². The Hall–Kier alpha value is -1.63. The molecular formula is C10H7Cl3N4O2. The number of benzene rings is 1. The monoisotopic (exact) mass is 320 g/mol. The van der Waals surface area contributed by atoms with Gasteiger partial charge in [-0.3, -0.25) is 0 Å². The Bertz CT molecular complexity index is 544. The summed E-state index contributed by atoms with van der Waals surface area (Å²) in [6, 6.07) is 6.17. The smallest absolute Gasteiger partial charge is 0.335 e. The van der Waals surface area contributed by atoms with Crippen molar-refractivity contribution in [2.75, 3.05) is 5.73 Å². The van der Waals surface area contributed by atoms with Crippen molar-refractivity contribution in [3.05, 3.63) is 45.7 Å². The van der Waals surface area contributed by atoms with Gasteiger partial charge in [0.1, 0.15) is 0 Å². The van der Waals surface area contributed by atoms with E-state index >= 15 is 0 Å². The lowest BCUT2D eigenvalue weighted by atomic mass is 10.2. The molecule has 0 aliphatic heterocycles. The van der Waals surface area contributed by atoms with Crippen molar-refractivity contribution in [1.82, 2.24) is 15.0 Å². The Kier molecular flexibility index (Phi) is 5.75. The molecule has 0 fully saturated rings. The second-order valence-electron chi connectivity index (χ2n) is 3.07. The number of halogens is 3. The SMILES string of the molecule is Clc1nc(Cl)nc(Cl)n1.Nc1cccc(C(=O)O)c1. The van der Waals surface area contributed by atoms with E-state index in [1.54, 1.807) is 12.1 Å². The van der Waals surface area contributed by atoms with E-state index in [-0.39, 0.29) is 21.4 Å². The predicted molar refractivity (Wildman–Crippen MR) is 72.7 cm³/mol. The maximum absolute atomic E-state index is 10.3. The van der Waals surface area contributed by atoms with E-state index in [1.807, 2.05) is 0 Å². The summed E-state index contributed by atoms with van der Waals surface area (Å²) in [6.07, 6.45) is 0. The second kappa shape index (κ2) is 7.08. The average molecular weight is 322 g/mol. The molecule has 3 N–H and O–H groups in total. The Morgan fingerprint density at radius 3 is 1.84 bits per heavy atom. The Labute approximate surface area is 123 Å². The lowest BCUT2D eigenvalue weighted by Crippen LogP contribution is -1.96. The van der Waals surface area contributed by atoms with E-state index < -0.39 is 5.97 Å². The number of rotatable bonds is 1. The second-order valence-corrected chi connectivity index (χ2v) is 4.09. The molecule has 0 amide bonds. The highest BCUT2D eigenvalue weighted by Gasteiger charge is 1.99. The van der Waals surface area contributed by atoms with Crippen LogP contribution in [0.2, 0.25) is 15.9 Å². The molecule has 19 heavy (non-hydrogen) atoms. The van der Waals surface area contributed by atoms with Crippen LogP contribution in [0.5, 0.6) is 0 Å². The van der Waals surface area contributed by atoms with Crippen molar-refractivity contribution in [2.24, 2.45) is 0 Å². The molecule has 0 radical (unpaired) electrons. The van der Waals surface area contributed by atoms with Crippen LogP contribution in [-0.4, -0.2) is 26.0 Å².